The van der Waals surface area contributed by atoms with Crippen LogP contribution in [0.25, 0.3) is 11.0 Å². The maximum absolute atomic E-state index is 12.3. The summed E-state index contributed by atoms with van der Waals surface area (Å²) < 4.78 is 1.81. The number of fused-ring (bicyclic) bond motifs is 1. The van der Waals surface area contributed by atoms with Crippen molar-refractivity contribution >= 4 is 22.8 Å². The third-order valence-electron chi connectivity index (χ3n) is 4.57. The number of hydrogen-bond acceptors (Lipinski definition) is 4. The number of nitrogens with zero attached hydrogens (tertiary/aromatic N) is 3. The predicted molar refractivity (Wildman–Crippen MR) is 109 cm³/mol. The summed E-state index contributed by atoms with van der Waals surface area (Å²) in [7, 11) is 0. The lowest BCUT2D eigenvalue weighted by atomic mass is 10.1. The van der Waals surface area contributed by atoms with Gasteiger partial charge in [-0.25, -0.2) is 4.68 Å². The summed E-state index contributed by atoms with van der Waals surface area (Å²) in [6, 6.07) is 22.0. The van der Waals surface area contributed by atoms with Crippen LogP contribution in [0.4, 0.5) is 0 Å². The van der Waals surface area contributed by atoms with E-state index in [9.17, 15) is 9.59 Å². The molecule has 144 valence electrons. The van der Waals surface area contributed by atoms with E-state index in [4.69, 9.17) is 0 Å². The molecule has 7 heteroatoms. The number of benzene rings is 3. The van der Waals surface area contributed by atoms with E-state index in [2.05, 4.69) is 21.2 Å². The van der Waals surface area contributed by atoms with Gasteiger partial charge in [0.15, 0.2) is 0 Å². The van der Waals surface area contributed by atoms with Gasteiger partial charge in [-0.05, 0) is 48.9 Å². The van der Waals surface area contributed by atoms with Gasteiger partial charge in [-0.2, -0.15) is 0 Å². The lowest BCUT2D eigenvalue weighted by Crippen LogP contribution is -2.41. The summed E-state index contributed by atoms with van der Waals surface area (Å²) in [4.78, 5) is 24.4. The lowest BCUT2D eigenvalue weighted by molar-refractivity contribution is 0.0846. The Morgan fingerprint density at radius 1 is 0.828 bits per heavy atom. The smallest absolute Gasteiger partial charge is 0.267 e. The Kier molecular flexibility index (Phi) is 5.03. The van der Waals surface area contributed by atoms with Gasteiger partial charge < -0.3 is 0 Å². The summed E-state index contributed by atoms with van der Waals surface area (Å²) in [5.74, 6) is -0.753. The third-order valence-corrected chi connectivity index (χ3v) is 4.57. The quantitative estimate of drug-likeness (QED) is 0.529. The van der Waals surface area contributed by atoms with Gasteiger partial charge in [0.2, 0.25) is 0 Å². The Balaban J connectivity index is 1.37. The molecule has 0 aliphatic rings. The van der Waals surface area contributed by atoms with Crippen molar-refractivity contribution in [2.45, 2.75) is 13.5 Å². The molecule has 0 unspecified atom stereocenters. The average Bonchev–Trinajstić information content (AvgIpc) is 3.16. The topological polar surface area (TPSA) is 88.9 Å². The number of aromatic nitrogens is 3. The van der Waals surface area contributed by atoms with E-state index in [0.717, 1.165) is 22.2 Å². The Morgan fingerprint density at radius 3 is 2.07 bits per heavy atom. The number of amides is 2. The molecule has 0 saturated heterocycles. The molecule has 3 aromatic carbocycles. The minimum absolute atomic E-state index is 0.368. The molecule has 0 atom stereocenters. The normalized spacial score (nSPS) is 10.7. The third kappa shape index (κ3) is 4.14. The SMILES string of the molecule is Cc1ccc(C(=O)NNC(=O)c2ccc(Cn3nnc4ccccc43)cc2)cc1. The molecule has 0 aliphatic carbocycles. The number of carbonyl (C=O) groups excluding carboxylic acids is 2. The molecular weight excluding hydrogens is 366 g/mol. The monoisotopic (exact) mass is 385 g/mol. The molecule has 0 bridgehead atoms. The highest BCUT2D eigenvalue weighted by Gasteiger charge is 2.10. The molecule has 0 saturated carbocycles. The highest BCUT2D eigenvalue weighted by molar-refractivity contribution is 5.99. The molecule has 0 fully saturated rings. The number of nitrogens with one attached hydrogen (secondary N) is 2. The van der Waals surface area contributed by atoms with Gasteiger partial charge in [0.25, 0.3) is 11.8 Å². The van der Waals surface area contributed by atoms with Crippen LogP contribution >= 0.6 is 0 Å². The summed E-state index contributed by atoms with van der Waals surface area (Å²) >= 11 is 0. The minimum atomic E-state index is -0.386. The van der Waals surface area contributed by atoms with E-state index < -0.39 is 0 Å². The van der Waals surface area contributed by atoms with Crippen LogP contribution in [0.5, 0.6) is 0 Å². The van der Waals surface area contributed by atoms with Crippen molar-refractivity contribution in [3.63, 3.8) is 0 Å². The van der Waals surface area contributed by atoms with Crippen molar-refractivity contribution in [1.82, 2.24) is 25.8 Å². The van der Waals surface area contributed by atoms with Crippen LogP contribution in [0.15, 0.2) is 72.8 Å². The highest BCUT2D eigenvalue weighted by atomic mass is 16.2. The van der Waals surface area contributed by atoms with E-state index in [-0.39, 0.29) is 11.8 Å². The lowest BCUT2D eigenvalue weighted by Gasteiger charge is -2.08. The zero-order valence-corrected chi connectivity index (χ0v) is 15.8. The van der Waals surface area contributed by atoms with Crippen molar-refractivity contribution in [3.8, 4) is 0 Å². The Hall–Kier alpha value is -4.00. The molecule has 0 spiro atoms. The van der Waals surface area contributed by atoms with Gasteiger partial charge in [-0.15, -0.1) is 5.10 Å². The molecule has 2 N–H and O–H groups in total. The first-order valence-corrected chi connectivity index (χ1v) is 9.15. The van der Waals surface area contributed by atoms with Crippen molar-refractivity contribution in [1.29, 1.82) is 0 Å². The van der Waals surface area contributed by atoms with Crippen LogP contribution in [0.1, 0.15) is 31.8 Å². The van der Waals surface area contributed by atoms with Gasteiger partial charge in [-0.1, -0.05) is 47.2 Å². The summed E-state index contributed by atoms with van der Waals surface area (Å²) in [5.41, 5.74) is 9.62. The van der Waals surface area contributed by atoms with E-state index in [1.165, 1.54) is 0 Å². The van der Waals surface area contributed by atoms with Gasteiger partial charge in [0.05, 0.1) is 12.1 Å². The molecular formula is C22H19N5O2. The molecule has 1 heterocycles. The zero-order valence-electron chi connectivity index (χ0n) is 15.8. The predicted octanol–water partition coefficient (Wildman–Crippen LogP) is 2.86. The molecule has 0 aliphatic heterocycles. The van der Waals surface area contributed by atoms with Crippen LogP contribution in [0.3, 0.4) is 0 Å². The highest BCUT2D eigenvalue weighted by Crippen LogP contribution is 2.13. The van der Waals surface area contributed by atoms with Crippen LogP contribution < -0.4 is 10.9 Å². The standard InChI is InChI=1S/C22H19N5O2/c1-15-6-10-17(11-7-15)21(28)24-25-22(29)18-12-8-16(9-13-18)14-27-20-5-3-2-4-19(20)23-26-27/h2-13H,14H2,1H3,(H,24,28)(H,25,29). The van der Waals surface area contributed by atoms with Crippen molar-refractivity contribution < 1.29 is 9.59 Å². The number of rotatable bonds is 4. The second-order valence-electron chi connectivity index (χ2n) is 6.71. The van der Waals surface area contributed by atoms with Gasteiger partial charge in [0, 0.05) is 11.1 Å². The maximum Gasteiger partial charge on any atom is 0.269 e. The number of hydrazine groups is 1. The zero-order chi connectivity index (χ0) is 20.2. The summed E-state index contributed by atoms with van der Waals surface area (Å²) in [5, 5.41) is 8.31. The molecule has 4 aromatic rings. The first-order chi connectivity index (χ1) is 14.1. The maximum atomic E-state index is 12.3. The number of hydrogen-bond donors (Lipinski definition) is 2. The fourth-order valence-corrected chi connectivity index (χ4v) is 2.93. The van der Waals surface area contributed by atoms with E-state index in [1.807, 2.05) is 60.1 Å². The molecule has 4 rings (SSSR count). The van der Waals surface area contributed by atoms with E-state index >= 15 is 0 Å². The molecule has 7 nitrogen and oxygen atoms in total. The summed E-state index contributed by atoms with van der Waals surface area (Å²) in [6.07, 6.45) is 0. The van der Waals surface area contributed by atoms with Crippen molar-refractivity contribution in [3.05, 3.63) is 95.1 Å². The second kappa shape index (κ2) is 7.93. The first-order valence-electron chi connectivity index (χ1n) is 9.15. The number of carbonyl (C=O) groups is 2. The second-order valence-corrected chi connectivity index (χ2v) is 6.71. The van der Waals surface area contributed by atoms with Gasteiger partial charge in [0.1, 0.15) is 5.52 Å². The average molecular weight is 385 g/mol. The van der Waals surface area contributed by atoms with Crippen LogP contribution in [0.2, 0.25) is 0 Å². The fourth-order valence-electron chi connectivity index (χ4n) is 2.93. The van der Waals surface area contributed by atoms with Crippen LogP contribution in [0, 0.1) is 6.92 Å². The molecule has 0 radical (unpaired) electrons. The fraction of sp³-hybridized carbons (Fsp3) is 0.0909. The van der Waals surface area contributed by atoms with Gasteiger partial charge >= 0.3 is 0 Å². The number of aryl methyl sites for hydroxylation is 1. The first kappa shape index (κ1) is 18.4. The van der Waals surface area contributed by atoms with Crippen LogP contribution in [-0.2, 0) is 6.54 Å². The van der Waals surface area contributed by atoms with E-state index in [1.54, 1.807) is 24.3 Å². The van der Waals surface area contributed by atoms with E-state index in [0.29, 0.717) is 17.7 Å². The van der Waals surface area contributed by atoms with Crippen LogP contribution in [-0.4, -0.2) is 26.8 Å². The molecule has 2 amide bonds. The molecule has 29 heavy (non-hydrogen) atoms. The van der Waals surface area contributed by atoms with Crippen molar-refractivity contribution in [2.24, 2.45) is 0 Å². The minimum Gasteiger partial charge on any atom is -0.267 e. The Labute approximate surface area is 167 Å². The summed E-state index contributed by atoms with van der Waals surface area (Å²) in [6.45, 7) is 2.49. The number of para-hydroxylation sites is 1. The Bertz CT molecular complexity index is 1160. The van der Waals surface area contributed by atoms with Gasteiger partial charge in [-0.3, -0.25) is 20.4 Å². The van der Waals surface area contributed by atoms with Crippen molar-refractivity contribution in [2.75, 3.05) is 0 Å². The largest absolute Gasteiger partial charge is 0.269 e. The molecule has 1 aromatic heterocycles. The Morgan fingerprint density at radius 2 is 1.41 bits per heavy atom.